The Hall–Kier alpha value is -0.140. The minimum Gasteiger partial charge on any atom is -0.316 e. The quantitative estimate of drug-likeness (QED) is 0.926. The lowest BCUT2D eigenvalue weighted by Gasteiger charge is -2.26. The van der Waals surface area contributed by atoms with Crippen LogP contribution in [-0.2, 0) is 10.0 Å². The molecular formula is C11H17ClN2O2S2. The van der Waals surface area contributed by atoms with Crippen LogP contribution in [0.25, 0.3) is 0 Å². The lowest BCUT2D eigenvalue weighted by atomic mass is 10.00. The summed E-state index contributed by atoms with van der Waals surface area (Å²) >= 11 is 6.89. The number of hydrogen-bond donors (Lipinski definition) is 1. The molecule has 0 radical (unpaired) electrons. The third-order valence-electron chi connectivity index (χ3n) is 3.13. The van der Waals surface area contributed by atoms with Gasteiger partial charge in [0.15, 0.2) is 0 Å². The van der Waals surface area contributed by atoms with Gasteiger partial charge in [-0.1, -0.05) is 11.6 Å². The Bertz CT molecular complexity index is 495. The summed E-state index contributed by atoms with van der Waals surface area (Å²) in [7, 11) is -1.74. The van der Waals surface area contributed by atoms with Gasteiger partial charge in [0.25, 0.3) is 10.0 Å². The predicted octanol–water partition coefficient (Wildman–Crippen LogP) is 2.02. The molecule has 1 unspecified atom stereocenters. The zero-order valence-corrected chi connectivity index (χ0v) is 12.6. The van der Waals surface area contributed by atoms with Gasteiger partial charge in [-0.15, -0.1) is 11.3 Å². The Labute approximate surface area is 117 Å². The molecule has 1 aliphatic heterocycles. The van der Waals surface area contributed by atoms with Gasteiger partial charge in [-0.05, 0) is 44.0 Å². The van der Waals surface area contributed by atoms with Gasteiger partial charge in [0, 0.05) is 13.6 Å². The molecule has 0 saturated carbocycles. The molecule has 0 amide bonds. The summed E-state index contributed by atoms with van der Waals surface area (Å²) < 4.78 is 26.8. The number of thiophene rings is 1. The molecule has 1 fully saturated rings. The highest BCUT2D eigenvalue weighted by Gasteiger charge is 2.25. The van der Waals surface area contributed by atoms with Gasteiger partial charge in [0.05, 0.1) is 4.34 Å². The van der Waals surface area contributed by atoms with Crippen molar-refractivity contribution in [1.29, 1.82) is 0 Å². The molecule has 0 bridgehead atoms. The SMILES string of the molecule is CN(CC1CCCNC1)S(=O)(=O)c1ccc(Cl)s1. The van der Waals surface area contributed by atoms with Crippen LogP contribution in [0.15, 0.2) is 16.3 Å². The highest BCUT2D eigenvalue weighted by molar-refractivity contribution is 7.91. The molecule has 1 aromatic heterocycles. The van der Waals surface area contributed by atoms with E-state index >= 15 is 0 Å². The molecule has 1 saturated heterocycles. The van der Waals surface area contributed by atoms with Gasteiger partial charge in [-0.3, -0.25) is 0 Å². The van der Waals surface area contributed by atoms with Crippen molar-refractivity contribution in [3.05, 3.63) is 16.5 Å². The zero-order valence-electron chi connectivity index (χ0n) is 10.2. The Balaban J connectivity index is 2.05. The van der Waals surface area contributed by atoms with Crippen molar-refractivity contribution < 1.29 is 8.42 Å². The molecule has 2 heterocycles. The van der Waals surface area contributed by atoms with E-state index in [4.69, 9.17) is 11.6 Å². The summed E-state index contributed by atoms with van der Waals surface area (Å²) in [4.78, 5) is 0. The van der Waals surface area contributed by atoms with E-state index < -0.39 is 10.0 Å². The summed E-state index contributed by atoms with van der Waals surface area (Å²) in [5, 5.41) is 3.30. The predicted molar refractivity (Wildman–Crippen MR) is 74.7 cm³/mol. The van der Waals surface area contributed by atoms with Crippen LogP contribution < -0.4 is 5.32 Å². The van der Waals surface area contributed by atoms with E-state index in [0.29, 0.717) is 21.0 Å². The van der Waals surface area contributed by atoms with Crippen LogP contribution in [-0.4, -0.2) is 39.4 Å². The van der Waals surface area contributed by atoms with Crippen molar-refractivity contribution >= 4 is 33.0 Å². The Morgan fingerprint density at radius 3 is 2.89 bits per heavy atom. The van der Waals surface area contributed by atoms with E-state index in [-0.39, 0.29) is 0 Å². The molecule has 1 aromatic rings. The molecule has 2 rings (SSSR count). The summed E-state index contributed by atoms with van der Waals surface area (Å²) in [6.45, 7) is 2.49. The average Bonchev–Trinajstić information content (AvgIpc) is 2.78. The first kappa shape index (κ1) is 14.3. The molecule has 0 aliphatic carbocycles. The van der Waals surface area contributed by atoms with Crippen LogP contribution in [0, 0.1) is 5.92 Å². The fraction of sp³-hybridized carbons (Fsp3) is 0.636. The lowest BCUT2D eigenvalue weighted by Crippen LogP contribution is -2.38. The number of nitrogens with one attached hydrogen (secondary N) is 1. The van der Waals surface area contributed by atoms with Crippen molar-refractivity contribution in [3.8, 4) is 0 Å². The number of rotatable bonds is 4. The largest absolute Gasteiger partial charge is 0.316 e. The summed E-state index contributed by atoms with van der Waals surface area (Å²) in [5.41, 5.74) is 0. The van der Waals surface area contributed by atoms with Crippen LogP contribution in [0.2, 0.25) is 4.34 Å². The maximum absolute atomic E-state index is 12.3. The number of piperidine rings is 1. The van der Waals surface area contributed by atoms with E-state index in [1.807, 2.05) is 0 Å². The van der Waals surface area contributed by atoms with Crippen molar-refractivity contribution in [2.45, 2.75) is 17.1 Å². The first-order chi connectivity index (χ1) is 8.50. The normalized spacial score (nSPS) is 21.4. The van der Waals surface area contributed by atoms with E-state index in [1.165, 1.54) is 4.31 Å². The summed E-state index contributed by atoms with van der Waals surface area (Å²) in [5.74, 6) is 0.397. The molecule has 7 heteroatoms. The molecule has 1 aliphatic rings. The van der Waals surface area contributed by atoms with Crippen LogP contribution in [0.3, 0.4) is 0 Å². The van der Waals surface area contributed by atoms with Crippen molar-refractivity contribution in [3.63, 3.8) is 0 Å². The van der Waals surface area contributed by atoms with Crippen molar-refractivity contribution in [1.82, 2.24) is 9.62 Å². The first-order valence-corrected chi connectivity index (χ1v) is 8.56. The Morgan fingerprint density at radius 1 is 1.56 bits per heavy atom. The van der Waals surface area contributed by atoms with Gasteiger partial charge < -0.3 is 5.32 Å². The highest BCUT2D eigenvalue weighted by atomic mass is 35.5. The molecule has 102 valence electrons. The van der Waals surface area contributed by atoms with Crippen LogP contribution in [0.1, 0.15) is 12.8 Å². The summed E-state index contributed by atoms with van der Waals surface area (Å²) in [6.07, 6.45) is 2.20. The minimum absolute atomic E-state index is 0.318. The standard InChI is InChI=1S/C11H17ClN2O2S2/c1-14(8-9-3-2-6-13-7-9)18(15,16)11-5-4-10(12)17-11/h4-5,9,13H,2-3,6-8H2,1H3. The van der Waals surface area contributed by atoms with E-state index in [2.05, 4.69) is 5.32 Å². The van der Waals surface area contributed by atoms with E-state index in [1.54, 1.807) is 19.2 Å². The van der Waals surface area contributed by atoms with Crippen molar-refractivity contribution in [2.75, 3.05) is 26.7 Å². The molecular weight excluding hydrogens is 292 g/mol. The zero-order chi connectivity index (χ0) is 13.2. The van der Waals surface area contributed by atoms with Gasteiger partial charge in [0.2, 0.25) is 0 Å². The second-order valence-corrected chi connectivity index (χ2v) is 8.54. The Kier molecular flexibility index (Phi) is 4.66. The maximum atomic E-state index is 12.3. The van der Waals surface area contributed by atoms with Crippen molar-refractivity contribution in [2.24, 2.45) is 5.92 Å². The molecule has 4 nitrogen and oxygen atoms in total. The highest BCUT2D eigenvalue weighted by Crippen LogP contribution is 2.28. The van der Waals surface area contributed by atoms with Gasteiger partial charge >= 0.3 is 0 Å². The monoisotopic (exact) mass is 308 g/mol. The third kappa shape index (κ3) is 3.24. The Morgan fingerprint density at radius 2 is 2.33 bits per heavy atom. The van der Waals surface area contributed by atoms with Crippen LogP contribution in [0.4, 0.5) is 0 Å². The molecule has 0 spiro atoms. The van der Waals surface area contributed by atoms with Gasteiger partial charge in [-0.2, -0.15) is 4.31 Å². The first-order valence-electron chi connectivity index (χ1n) is 5.92. The molecule has 18 heavy (non-hydrogen) atoms. The topological polar surface area (TPSA) is 49.4 Å². The molecule has 1 atom stereocenters. The van der Waals surface area contributed by atoms with E-state index in [9.17, 15) is 8.42 Å². The maximum Gasteiger partial charge on any atom is 0.252 e. The van der Waals surface area contributed by atoms with Crippen LogP contribution in [0.5, 0.6) is 0 Å². The van der Waals surface area contributed by atoms with Gasteiger partial charge in [0.1, 0.15) is 4.21 Å². The van der Waals surface area contributed by atoms with E-state index in [0.717, 1.165) is 37.3 Å². The molecule has 1 N–H and O–H groups in total. The lowest BCUT2D eigenvalue weighted by molar-refractivity contribution is 0.315. The second-order valence-electron chi connectivity index (χ2n) is 4.56. The van der Waals surface area contributed by atoms with Crippen LogP contribution >= 0.6 is 22.9 Å². The van der Waals surface area contributed by atoms with Gasteiger partial charge in [-0.25, -0.2) is 8.42 Å². The number of sulfonamides is 1. The smallest absolute Gasteiger partial charge is 0.252 e. The fourth-order valence-corrected chi connectivity index (χ4v) is 5.07. The summed E-state index contributed by atoms with van der Waals surface area (Å²) in [6, 6.07) is 3.19. The number of hydrogen-bond acceptors (Lipinski definition) is 4. The fourth-order valence-electron chi connectivity index (χ4n) is 2.13. The second kappa shape index (κ2) is 5.88. The minimum atomic E-state index is -3.38. The molecule has 0 aromatic carbocycles. The number of nitrogens with zero attached hydrogens (tertiary/aromatic N) is 1. The number of halogens is 1. The average molecular weight is 309 g/mol. The third-order valence-corrected chi connectivity index (χ3v) is 6.65.